The van der Waals surface area contributed by atoms with Gasteiger partial charge in [-0.3, -0.25) is 0 Å². The van der Waals surface area contributed by atoms with E-state index in [4.69, 9.17) is 5.11 Å². The van der Waals surface area contributed by atoms with Crippen molar-refractivity contribution in [1.29, 1.82) is 0 Å². The monoisotopic (exact) mass is 300 g/mol. The Kier molecular flexibility index (Phi) is 6.98. The predicted molar refractivity (Wildman–Crippen MR) is 81.3 cm³/mol. The van der Waals surface area contributed by atoms with E-state index in [-0.39, 0.29) is 17.5 Å². The third-order valence-electron chi connectivity index (χ3n) is 2.72. The summed E-state index contributed by atoms with van der Waals surface area (Å²) < 4.78 is 26.4. The average Bonchev–Trinajstić information content (AvgIpc) is 2.37. The molecular weight excluding hydrogens is 276 g/mol. The molecular formula is C14H24N2O3S. The van der Waals surface area contributed by atoms with Crippen LogP contribution in [0.25, 0.3) is 0 Å². The molecule has 0 aromatic heterocycles. The molecule has 3 N–H and O–H groups in total. The molecule has 0 unspecified atom stereocenters. The molecule has 0 aliphatic heterocycles. The SMILES string of the molecule is CC(C)NS(=O)(=O)c1ccc(NCCCCCO)cc1. The number of rotatable bonds is 9. The van der Waals surface area contributed by atoms with Crippen LogP contribution in [0.15, 0.2) is 29.2 Å². The Labute approximate surface area is 121 Å². The fourth-order valence-corrected chi connectivity index (χ4v) is 3.03. The molecule has 20 heavy (non-hydrogen) atoms. The second-order valence-electron chi connectivity index (χ2n) is 5.01. The van der Waals surface area contributed by atoms with Crippen molar-refractivity contribution in [2.45, 2.75) is 44.0 Å². The summed E-state index contributed by atoms with van der Waals surface area (Å²) in [6, 6.07) is 6.60. The van der Waals surface area contributed by atoms with Crippen LogP contribution < -0.4 is 10.0 Å². The molecule has 114 valence electrons. The lowest BCUT2D eigenvalue weighted by molar-refractivity contribution is 0.283. The van der Waals surface area contributed by atoms with Crippen molar-refractivity contribution >= 4 is 15.7 Å². The van der Waals surface area contributed by atoms with Gasteiger partial charge in [0.25, 0.3) is 0 Å². The summed E-state index contributed by atoms with van der Waals surface area (Å²) in [6.45, 7) is 4.63. The molecule has 0 saturated heterocycles. The Bertz CT molecular complexity index is 484. The van der Waals surface area contributed by atoms with Crippen LogP contribution in [0.3, 0.4) is 0 Å². The molecule has 0 saturated carbocycles. The van der Waals surface area contributed by atoms with Crippen LogP contribution in [-0.4, -0.2) is 32.7 Å². The van der Waals surface area contributed by atoms with Crippen LogP contribution in [0, 0.1) is 0 Å². The molecule has 0 spiro atoms. The van der Waals surface area contributed by atoms with E-state index >= 15 is 0 Å². The molecule has 1 aromatic rings. The highest BCUT2D eigenvalue weighted by molar-refractivity contribution is 7.89. The first-order chi connectivity index (χ1) is 9.45. The van der Waals surface area contributed by atoms with Crippen molar-refractivity contribution in [3.8, 4) is 0 Å². The predicted octanol–water partition coefficient (Wildman–Crippen LogP) is 1.95. The third kappa shape index (κ3) is 5.90. The van der Waals surface area contributed by atoms with Gasteiger partial charge in [0.1, 0.15) is 0 Å². The van der Waals surface area contributed by atoms with Gasteiger partial charge in [0, 0.05) is 24.9 Å². The van der Waals surface area contributed by atoms with E-state index < -0.39 is 10.0 Å². The van der Waals surface area contributed by atoms with Crippen molar-refractivity contribution in [3.05, 3.63) is 24.3 Å². The Morgan fingerprint density at radius 3 is 2.30 bits per heavy atom. The van der Waals surface area contributed by atoms with Gasteiger partial charge in [-0.1, -0.05) is 0 Å². The minimum absolute atomic E-state index is 0.121. The van der Waals surface area contributed by atoms with Gasteiger partial charge < -0.3 is 10.4 Å². The number of aliphatic hydroxyl groups excluding tert-OH is 1. The number of unbranched alkanes of at least 4 members (excludes halogenated alkanes) is 2. The van der Waals surface area contributed by atoms with Gasteiger partial charge in [0.15, 0.2) is 0 Å². The van der Waals surface area contributed by atoms with E-state index in [0.717, 1.165) is 31.5 Å². The first-order valence-corrected chi connectivity index (χ1v) is 8.41. The summed E-state index contributed by atoms with van der Waals surface area (Å²) in [5, 5.41) is 11.9. The van der Waals surface area contributed by atoms with E-state index in [1.165, 1.54) is 0 Å². The highest BCUT2D eigenvalue weighted by atomic mass is 32.2. The molecule has 6 heteroatoms. The quantitative estimate of drug-likeness (QED) is 0.609. The smallest absolute Gasteiger partial charge is 0.240 e. The Morgan fingerprint density at radius 1 is 1.10 bits per heavy atom. The van der Waals surface area contributed by atoms with Crippen molar-refractivity contribution < 1.29 is 13.5 Å². The number of aliphatic hydroxyl groups is 1. The molecule has 0 amide bonds. The van der Waals surface area contributed by atoms with Crippen LogP contribution >= 0.6 is 0 Å². The lowest BCUT2D eigenvalue weighted by Crippen LogP contribution is -2.30. The van der Waals surface area contributed by atoms with Crippen molar-refractivity contribution in [1.82, 2.24) is 4.72 Å². The summed E-state index contributed by atoms with van der Waals surface area (Å²) in [4.78, 5) is 0.275. The number of hydrogen-bond donors (Lipinski definition) is 3. The maximum Gasteiger partial charge on any atom is 0.240 e. The molecule has 0 fully saturated rings. The van der Waals surface area contributed by atoms with E-state index in [2.05, 4.69) is 10.0 Å². The topological polar surface area (TPSA) is 78.4 Å². The highest BCUT2D eigenvalue weighted by Crippen LogP contribution is 2.14. The lowest BCUT2D eigenvalue weighted by Gasteiger charge is -2.11. The van der Waals surface area contributed by atoms with Crippen molar-refractivity contribution in [2.75, 3.05) is 18.5 Å². The van der Waals surface area contributed by atoms with E-state index in [9.17, 15) is 8.42 Å². The first kappa shape index (κ1) is 16.9. The van der Waals surface area contributed by atoms with E-state index in [0.29, 0.717) is 0 Å². The Morgan fingerprint density at radius 2 is 1.75 bits per heavy atom. The van der Waals surface area contributed by atoms with Crippen molar-refractivity contribution in [3.63, 3.8) is 0 Å². The second-order valence-corrected chi connectivity index (χ2v) is 6.73. The maximum atomic E-state index is 11.9. The molecule has 0 aliphatic rings. The first-order valence-electron chi connectivity index (χ1n) is 6.93. The second kappa shape index (κ2) is 8.24. The van der Waals surface area contributed by atoms with Gasteiger partial charge in [0.05, 0.1) is 4.90 Å². The van der Waals surface area contributed by atoms with Gasteiger partial charge in [-0.25, -0.2) is 13.1 Å². The molecule has 0 radical (unpaired) electrons. The standard InChI is InChI=1S/C14H24N2O3S/c1-12(2)16-20(18,19)14-8-6-13(7-9-14)15-10-4-3-5-11-17/h6-9,12,15-17H,3-5,10-11H2,1-2H3. The number of benzene rings is 1. The number of anilines is 1. The number of nitrogens with one attached hydrogen (secondary N) is 2. The normalized spacial score (nSPS) is 11.8. The van der Waals surface area contributed by atoms with Crippen LogP contribution in [0.1, 0.15) is 33.1 Å². The Hall–Kier alpha value is -1.11. The van der Waals surface area contributed by atoms with Gasteiger partial charge in [-0.2, -0.15) is 0 Å². The van der Waals surface area contributed by atoms with Crippen LogP contribution in [-0.2, 0) is 10.0 Å². The summed E-state index contributed by atoms with van der Waals surface area (Å²) in [7, 11) is -3.41. The summed E-state index contributed by atoms with van der Waals surface area (Å²) in [5.74, 6) is 0. The summed E-state index contributed by atoms with van der Waals surface area (Å²) >= 11 is 0. The molecule has 5 nitrogen and oxygen atoms in total. The van der Waals surface area contributed by atoms with Gasteiger partial charge in [-0.05, 0) is 57.4 Å². The molecule has 0 heterocycles. The average molecular weight is 300 g/mol. The molecule has 0 atom stereocenters. The van der Waals surface area contributed by atoms with E-state index in [1.807, 2.05) is 0 Å². The van der Waals surface area contributed by atoms with E-state index in [1.54, 1.807) is 38.1 Å². The van der Waals surface area contributed by atoms with Gasteiger partial charge >= 0.3 is 0 Å². The molecule has 0 bridgehead atoms. The Balaban J connectivity index is 2.52. The largest absolute Gasteiger partial charge is 0.396 e. The fourth-order valence-electron chi connectivity index (χ4n) is 1.78. The van der Waals surface area contributed by atoms with Crippen LogP contribution in [0.4, 0.5) is 5.69 Å². The van der Waals surface area contributed by atoms with Crippen LogP contribution in [0.5, 0.6) is 0 Å². The molecule has 0 aliphatic carbocycles. The van der Waals surface area contributed by atoms with Gasteiger partial charge in [0.2, 0.25) is 10.0 Å². The molecule has 1 aromatic carbocycles. The zero-order chi connectivity index (χ0) is 15.0. The minimum atomic E-state index is -3.41. The van der Waals surface area contributed by atoms with Crippen molar-refractivity contribution in [2.24, 2.45) is 0 Å². The van der Waals surface area contributed by atoms with Gasteiger partial charge in [-0.15, -0.1) is 0 Å². The van der Waals surface area contributed by atoms with Crippen LogP contribution in [0.2, 0.25) is 0 Å². The third-order valence-corrected chi connectivity index (χ3v) is 4.39. The number of sulfonamides is 1. The lowest BCUT2D eigenvalue weighted by atomic mass is 10.2. The summed E-state index contributed by atoms with van der Waals surface area (Å²) in [5.41, 5.74) is 0.900. The molecule has 1 rings (SSSR count). The number of hydrogen-bond acceptors (Lipinski definition) is 4. The fraction of sp³-hybridized carbons (Fsp3) is 0.571. The maximum absolute atomic E-state index is 11.9. The minimum Gasteiger partial charge on any atom is -0.396 e. The highest BCUT2D eigenvalue weighted by Gasteiger charge is 2.14. The zero-order valence-electron chi connectivity index (χ0n) is 12.1. The summed E-state index contributed by atoms with van der Waals surface area (Å²) in [6.07, 6.45) is 2.78. The zero-order valence-corrected chi connectivity index (χ0v) is 12.9.